The normalized spacial score (nSPS) is 10.7. The summed E-state index contributed by atoms with van der Waals surface area (Å²) in [5.41, 5.74) is 3.39. The average Bonchev–Trinajstić information content (AvgIpc) is 2.73. The van der Waals surface area contributed by atoms with Crippen LogP contribution in [0.3, 0.4) is 0 Å². The van der Waals surface area contributed by atoms with Gasteiger partial charge >= 0.3 is 0 Å². The van der Waals surface area contributed by atoms with E-state index in [4.69, 9.17) is 32.7 Å². The van der Waals surface area contributed by atoms with Crippen LogP contribution in [-0.2, 0) is 19.6 Å². The van der Waals surface area contributed by atoms with E-state index in [0.29, 0.717) is 41.3 Å². The van der Waals surface area contributed by atoms with Crippen molar-refractivity contribution in [3.8, 4) is 11.5 Å². The SMILES string of the molecule is CCOc1cc(CNCCc2ccccc2)cc(Cl)c1OCc1ccc(Cl)cc1. The minimum absolute atomic E-state index is 0.394. The van der Waals surface area contributed by atoms with Crippen LogP contribution in [0.15, 0.2) is 66.7 Å². The molecule has 0 bridgehead atoms. The largest absolute Gasteiger partial charge is 0.490 e. The van der Waals surface area contributed by atoms with E-state index in [9.17, 15) is 0 Å². The first-order valence-corrected chi connectivity index (χ1v) is 10.5. The highest BCUT2D eigenvalue weighted by Gasteiger charge is 2.13. The van der Waals surface area contributed by atoms with Gasteiger partial charge in [-0.3, -0.25) is 0 Å². The molecule has 3 rings (SSSR count). The van der Waals surface area contributed by atoms with Crippen LogP contribution < -0.4 is 14.8 Å². The fourth-order valence-corrected chi connectivity index (χ4v) is 3.39. The molecule has 0 amide bonds. The molecule has 0 saturated carbocycles. The van der Waals surface area contributed by atoms with Crippen LogP contribution in [0, 0.1) is 0 Å². The van der Waals surface area contributed by atoms with Crippen molar-refractivity contribution in [3.05, 3.63) is 93.5 Å². The van der Waals surface area contributed by atoms with E-state index in [1.165, 1.54) is 5.56 Å². The molecule has 0 spiro atoms. The lowest BCUT2D eigenvalue weighted by atomic mass is 10.1. The Bertz CT molecular complexity index is 899. The molecule has 1 N–H and O–H groups in total. The maximum Gasteiger partial charge on any atom is 0.180 e. The molecule has 3 aromatic carbocycles. The van der Waals surface area contributed by atoms with Crippen molar-refractivity contribution in [1.82, 2.24) is 5.32 Å². The quantitative estimate of drug-likeness (QED) is 0.383. The van der Waals surface area contributed by atoms with Crippen molar-refractivity contribution < 1.29 is 9.47 Å². The van der Waals surface area contributed by atoms with Crippen LogP contribution in [0.1, 0.15) is 23.6 Å². The molecule has 0 fully saturated rings. The molecular weight excluding hydrogens is 405 g/mol. The number of halogens is 2. The van der Waals surface area contributed by atoms with Crippen molar-refractivity contribution in [3.63, 3.8) is 0 Å². The van der Waals surface area contributed by atoms with Crippen molar-refractivity contribution in [2.75, 3.05) is 13.2 Å². The fourth-order valence-electron chi connectivity index (χ4n) is 2.97. The summed E-state index contributed by atoms with van der Waals surface area (Å²) in [5.74, 6) is 1.23. The maximum atomic E-state index is 6.52. The first-order chi connectivity index (χ1) is 14.2. The standard InChI is InChI=1S/C24H25Cl2NO2/c1-2-28-23-15-20(16-27-13-12-18-6-4-3-5-7-18)14-22(26)24(23)29-17-19-8-10-21(25)11-9-19/h3-11,14-15,27H,2,12-13,16-17H2,1H3. The highest BCUT2D eigenvalue weighted by molar-refractivity contribution is 6.32. The van der Waals surface area contributed by atoms with Crippen LogP contribution in [0.5, 0.6) is 11.5 Å². The molecule has 5 heteroatoms. The Labute approximate surface area is 182 Å². The van der Waals surface area contributed by atoms with Gasteiger partial charge < -0.3 is 14.8 Å². The smallest absolute Gasteiger partial charge is 0.180 e. The van der Waals surface area contributed by atoms with Gasteiger partial charge in [-0.05, 0) is 60.8 Å². The van der Waals surface area contributed by atoms with Gasteiger partial charge in [0, 0.05) is 11.6 Å². The van der Waals surface area contributed by atoms with Gasteiger partial charge in [0.2, 0.25) is 0 Å². The highest BCUT2D eigenvalue weighted by Crippen LogP contribution is 2.37. The lowest BCUT2D eigenvalue weighted by molar-refractivity contribution is 0.269. The Morgan fingerprint density at radius 1 is 0.828 bits per heavy atom. The first-order valence-electron chi connectivity index (χ1n) is 9.73. The maximum absolute atomic E-state index is 6.52. The first kappa shape index (κ1) is 21.5. The second kappa shape index (κ2) is 11.1. The molecule has 0 aliphatic carbocycles. The summed E-state index contributed by atoms with van der Waals surface area (Å²) in [6.45, 7) is 4.48. The van der Waals surface area contributed by atoms with Crippen molar-refractivity contribution >= 4 is 23.2 Å². The van der Waals surface area contributed by atoms with Gasteiger partial charge in [0.25, 0.3) is 0 Å². The van der Waals surface area contributed by atoms with Crippen LogP contribution in [0.25, 0.3) is 0 Å². The topological polar surface area (TPSA) is 30.5 Å². The molecule has 0 aliphatic heterocycles. The number of ether oxygens (including phenoxy) is 2. The van der Waals surface area contributed by atoms with Gasteiger partial charge in [-0.25, -0.2) is 0 Å². The van der Waals surface area contributed by atoms with Gasteiger partial charge in [-0.2, -0.15) is 0 Å². The zero-order valence-corrected chi connectivity index (χ0v) is 18.0. The third-order valence-electron chi connectivity index (χ3n) is 4.43. The Morgan fingerprint density at radius 3 is 2.31 bits per heavy atom. The summed E-state index contributed by atoms with van der Waals surface area (Å²) in [6, 6.07) is 21.9. The zero-order valence-electron chi connectivity index (χ0n) is 16.5. The summed E-state index contributed by atoms with van der Waals surface area (Å²) < 4.78 is 11.7. The second-order valence-electron chi connectivity index (χ2n) is 6.67. The molecule has 3 nitrogen and oxygen atoms in total. The Hall–Kier alpha value is -2.20. The lowest BCUT2D eigenvalue weighted by Crippen LogP contribution is -2.16. The van der Waals surface area contributed by atoms with Crippen LogP contribution >= 0.6 is 23.2 Å². The molecule has 152 valence electrons. The summed E-state index contributed by atoms with van der Waals surface area (Å²) in [7, 11) is 0. The lowest BCUT2D eigenvalue weighted by Gasteiger charge is -2.16. The third kappa shape index (κ3) is 6.67. The molecule has 0 aromatic heterocycles. The molecule has 0 aliphatic rings. The van der Waals surface area contributed by atoms with E-state index in [-0.39, 0.29) is 0 Å². The Balaban J connectivity index is 1.61. The van der Waals surface area contributed by atoms with Gasteiger partial charge in [0.05, 0.1) is 11.6 Å². The van der Waals surface area contributed by atoms with E-state index in [1.54, 1.807) is 0 Å². The van der Waals surface area contributed by atoms with E-state index in [2.05, 4.69) is 29.6 Å². The number of benzene rings is 3. The number of rotatable bonds is 10. The van der Waals surface area contributed by atoms with Crippen LogP contribution in [0.4, 0.5) is 0 Å². The predicted molar refractivity (Wildman–Crippen MR) is 120 cm³/mol. The monoisotopic (exact) mass is 429 g/mol. The number of hydrogen-bond acceptors (Lipinski definition) is 3. The molecule has 0 heterocycles. The summed E-state index contributed by atoms with van der Waals surface area (Å²) in [4.78, 5) is 0. The molecule has 0 unspecified atom stereocenters. The molecular formula is C24H25Cl2NO2. The fraction of sp³-hybridized carbons (Fsp3) is 0.250. The van der Waals surface area contributed by atoms with E-state index in [1.807, 2.05) is 49.4 Å². The van der Waals surface area contributed by atoms with Crippen LogP contribution in [-0.4, -0.2) is 13.2 Å². The molecule has 0 saturated heterocycles. The summed E-state index contributed by atoms with van der Waals surface area (Å²) in [5, 5.41) is 4.71. The minimum atomic E-state index is 0.394. The predicted octanol–water partition coefficient (Wildman–Crippen LogP) is 6.30. The molecule has 3 aromatic rings. The summed E-state index contributed by atoms with van der Waals surface area (Å²) >= 11 is 12.5. The molecule has 29 heavy (non-hydrogen) atoms. The van der Waals surface area contributed by atoms with Crippen LogP contribution in [0.2, 0.25) is 10.0 Å². The Morgan fingerprint density at radius 2 is 1.59 bits per heavy atom. The average molecular weight is 430 g/mol. The Kier molecular flexibility index (Phi) is 8.24. The van der Waals surface area contributed by atoms with Gasteiger partial charge in [0.15, 0.2) is 11.5 Å². The van der Waals surface area contributed by atoms with Gasteiger partial charge in [0.1, 0.15) is 6.61 Å². The second-order valence-corrected chi connectivity index (χ2v) is 7.51. The third-order valence-corrected chi connectivity index (χ3v) is 4.96. The van der Waals surface area contributed by atoms with E-state index < -0.39 is 0 Å². The molecule has 0 radical (unpaired) electrons. The van der Waals surface area contributed by atoms with Crippen molar-refractivity contribution in [1.29, 1.82) is 0 Å². The summed E-state index contributed by atoms with van der Waals surface area (Å²) in [6.07, 6.45) is 0.981. The minimum Gasteiger partial charge on any atom is -0.490 e. The van der Waals surface area contributed by atoms with Crippen molar-refractivity contribution in [2.24, 2.45) is 0 Å². The van der Waals surface area contributed by atoms with Crippen molar-refractivity contribution in [2.45, 2.75) is 26.5 Å². The van der Waals surface area contributed by atoms with E-state index in [0.717, 1.165) is 24.1 Å². The number of nitrogens with one attached hydrogen (secondary N) is 1. The highest BCUT2D eigenvalue weighted by atomic mass is 35.5. The number of hydrogen-bond donors (Lipinski definition) is 1. The van der Waals surface area contributed by atoms with Gasteiger partial charge in [-0.1, -0.05) is 65.7 Å². The van der Waals surface area contributed by atoms with E-state index >= 15 is 0 Å². The molecule has 0 atom stereocenters. The zero-order chi connectivity index (χ0) is 20.5. The van der Waals surface area contributed by atoms with Gasteiger partial charge in [-0.15, -0.1) is 0 Å².